The average molecular weight is 531 g/mol. The molecule has 0 saturated carbocycles. The maximum Gasteiger partial charge on any atom is 0.243 e. The summed E-state index contributed by atoms with van der Waals surface area (Å²) in [5.74, 6) is 1.12. The van der Waals surface area contributed by atoms with Crippen LogP contribution in [0.25, 0.3) is 21.8 Å². The fraction of sp³-hybridized carbons (Fsp3) is 0.300. The van der Waals surface area contributed by atoms with Crippen LogP contribution in [-0.4, -0.2) is 56.3 Å². The summed E-state index contributed by atoms with van der Waals surface area (Å²) in [6.45, 7) is 4.59. The molecule has 2 aromatic carbocycles. The molecule has 5 N–H and O–H groups in total. The number of aromatic nitrogens is 2. The molecule has 0 aliphatic heterocycles. The second kappa shape index (κ2) is 15.8. The van der Waals surface area contributed by atoms with Crippen LogP contribution in [-0.2, 0) is 4.79 Å². The van der Waals surface area contributed by atoms with Gasteiger partial charge in [-0.3, -0.25) is 4.79 Å². The third-order valence-corrected chi connectivity index (χ3v) is 5.73. The Hall–Kier alpha value is -4.37. The number of nitrogens with one attached hydrogen (secondary N) is 3. The highest BCUT2D eigenvalue weighted by molar-refractivity contribution is 5.92. The van der Waals surface area contributed by atoms with Crippen molar-refractivity contribution >= 4 is 39.1 Å². The van der Waals surface area contributed by atoms with Gasteiger partial charge in [-0.25, -0.2) is 9.97 Å². The molecular weight excluding hydrogens is 492 g/mol. The monoisotopic (exact) mass is 530 g/mol. The van der Waals surface area contributed by atoms with Crippen molar-refractivity contribution in [2.45, 2.75) is 19.8 Å². The number of amides is 1. The second-order valence-electron chi connectivity index (χ2n) is 8.58. The minimum absolute atomic E-state index is 0.0579. The van der Waals surface area contributed by atoms with E-state index in [4.69, 9.17) is 15.2 Å². The first kappa shape index (κ1) is 29.2. The molecule has 39 heavy (non-hydrogen) atoms. The Morgan fingerprint density at radius 1 is 0.846 bits per heavy atom. The second-order valence-corrected chi connectivity index (χ2v) is 8.58. The molecule has 4 rings (SSSR count). The maximum absolute atomic E-state index is 11.6. The van der Waals surface area contributed by atoms with Crippen LogP contribution in [0.5, 0.6) is 11.8 Å². The zero-order valence-electron chi connectivity index (χ0n) is 22.9. The quantitative estimate of drug-likeness (QED) is 0.153. The highest BCUT2D eigenvalue weighted by Crippen LogP contribution is 2.27. The molecule has 0 radical (unpaired) electrons. The molecule has 0 aliphatic rings. The van der Waals surface area contributed by atoms with Gasteiger partial charge in [-0.1, -0.05) is 55.8 Å². The van der Waals surface area contributed by atoms with Gasteiger partial charge >= 0.3 is 0 Å². The van der Waals surface area contributed by atoms with Gasteiger partial charge in [-0.2, -0.15) is 0 Å². The number of ether oxygens (including phenoxy) is 2. The third-order valence-electron chi connectivity index (χ3n) is 5.73. The number of methoxy groups -OCH3 is 2. The zero-order chi connectivity index (χ0) is 27.9. The maximum atomic E-state index is 11.6. The van der Waals surface area contributed by atoms with Crippen molar-refractivity contribution < 1.29 is 14.3 Å². The number of anilines is 2. The van der Waals surface area contributed by atoms with Crippen molar-refractivity contribution in [3.05, 3.63) is 72.8 Å². The number of benzene rings is 2. The van der Waals surface area contributed by atoms with E-state index < -0.39 is 0 Å². The lowest BCUT2D eigenvalue weighted by molar-refractivity contribution is -0.116. The van der Waals surface area contributed by atoms with Crippen molar-refractivity contribution in [1.82, 2.24) is 15.3 Å². The number of carbonyl (C=O) groups excluding carboxylic acids is 1. The molecular formula is C30H38N6O3. The number of allylic oxidation sites excluding steroid dienone is 1. The summed E-state index contributed by atoms with van der Waals surface area (Å²) < 4.78 is 10.4. The molecule has 2 heterocycles. The van der Waals surface area contributed by atoms with Gasteiger partial charge in [0.25, 0.3) is 0 Å². The van der Waals surface area contributed by atoms with Crippen LogP contribution >= 0.6 is 0 Å². The van der Waals surface area contributed by atoms with E-state index >= 15 is 0 Å². The van der Waals surface area contributed by atoms with Crippen LogP contribution in [0.2, 0.25) is 0 Å². The number of nitrogens with two attached hydrogens (primary N) is 1. The van der Waals surface area contributed by atoms with Crippen molar-refractivity contribution in [2.24, 2.45) is 5.73 Å². The number of nitrogens with zero attached hydrogens (tertiary/aromatic N) is 2. The Morgan fingerprint density at radius 3 is 1.90 bits per heavy atom. The van der Waals surface area contributed by atoms with Gasteiger partial charge in [-0.05, 0) is 24.6 Å². The van der Waals surface area contributed by atoms with Gasteiger partial charge < -0.3 is 31.2 Å². The predicted molar refractivity (Wildman–Crippen MR) is 160 cm³/mol. The van der Waals surface area contributed by atoms with Crippen LogP contribution in [0.4, 0.5) is 11.4 Å². The topological polar surface area (TPSA) is 123 Å². The molecule has 1 amide bonds. The van der Waals surface area contributed by atoms with Gasteiger partial charge in [-0.15, -0.1) is 0 Å². The van der Waals surface area contributed by atoms with Gasteiger partial charge in [0.15, 0.2) is 0 Å². The summed E-state index contributed by atoms with van der Waals surface area (Å²) in [7, 11) is 3.22. The normalized spacial score (nSPS) is 10.7. The molecule has 0 fully saturated rings. The SMILES string of the molecule is CCCC=CC(=O)NCCNc1cc(OC)nc2ccccc12.COc1cc(NCCN)c2ccccc2n1. The van der Waals surface area contributed by atoms with Crippen molar-refractivity contribution in [3.63, 3.8) is 0 Å². The van der Waals surface area contributed by atoms with Gasteiger partial charge in [0.05, 0.1) is 25.3 Å². The Bertz CT molecular complexity index is 1380. The van der Waals surface area contributed by atoms with E-state index in [0.29, 0.717) is 31.4 Å². The fourth-order valence-electron chi connectivity index (χ4n) is 3.81. The molecule has 0 saturated heterocycles. The Kier molecular flexibility index (Phi) is 11.8. The minimum atomic E-state index is -0.0579. The van der Waals surface area contributed by atoms with Crippen LogP contribution in [0.3, 0.4) is 0 Å². The standard InChI is InChI=1S/C18H23N3O2.C12H15N3O/c1-3-4-5-10-17(22)20-12-11-19-16-13-18(23-2)21-15-9-7-6-8-14(15)16;1-16-12-8-11(14-7-6-13)9-4-2-3-5-10(9)15-12/h5-10,13H,3-4,11-12H2,1-2H3,(H,19,21)(H,20,22);2-5,8H,6-7,13H2,1H3,(H,14,15). The van der Waals surface area contributed by atoms with Gasteiger partial charge in [0, 0.05) is 60.5 Å². The molecule has 0 spiro atoms. The molecule has 9 heteroatoms. The third kappa shape index (κ3) is 8.86. The summed E-state index contributed by atoms with van der Waals surface area (Å²) >= 11 is 0. The van der Waals surface area contributed by atoms with Crippen molar-refractivity contribution in [2.75, 3.05) is 51.0 Å². The van der Waals surface area contributed by atoms with Crippen LogP contribution in [0.15, 0.2) is 72.8 Å². The number of hydrogen-bond acceptors (Lipinski definition) is 8. The minimum Gasteiger partial charge on any atom is -0.481 e. The molecule has 206 valence electrons. The van der Waals surface area contributed by atoms with E-state index in [0.717, 1.165) is 52.6 Å². The number of hydrogen-bond donors (Lipinski definition) is 4. The van der Waals surface area contributed by atoms with E-state index in [1.54, 1.807) is 20.3 Å². The number of carbonyl (C=O) groups is 1. The van der Waals surface area contributed by atoms with E-state index in [-0.39, 0.29) is 5.91 Å². The first-order valence-corrected chi connectivity index (χ1v) is 13.1. The number of unbranched alkanes of at least 4 members (excludes halogenated alkanes) is 1. The lowest BCUT2D eigenvalue weighted by atomic mass is 10.2. The summed E-state index contributed by atoms with van der Waals surface area (Å²) in [4.78, 5) is 20.4. The fourth-order valence-corrected chi connectivity index (χ4v) is 3.81. The smallest absolute Gasteiger partial charge is 0.243 e. The molecule has 0 unspecified atom stereocenters. The molecule has 0 bridgehead atoms. The lowest BCUT2D eigenvalue weighted by Gasteiger charge is -2.11. The number of para-hydroxylation sites is 2. The lowest BCUT2D eigenvalue weighted by Crippen LogP contribution is -2.27. The first-order chi connectivity index (χ1) is 19.1. The first-order valence-electron chi connectivity index (χ1n) is 13.1. The van der Waals surface area contributed by atoms with Crippen molar-refractivity contribution in [3.8, 4) is 11.8 Å². The Labute approximate surface area is 229 Å². The molecule has 4 aromatic rings. The predicted octanol–water partition coefficient (Wildman–Crippen LogP) is 4.74. The largest absolute Gasteiger partial charge is 0.481 e. The van der Waals surface area contributed by atoms with Gasteiger partial charge in [0.2, 0.25) is 17.7 Å². The Morgan fingerprint density at radius 2 is 1.38 bits per heavy atom. The number of pyridine rings is 2. The summed E-state index contributed by atoms with van der Waals surface area (Å²) in [6.07, 6.45) is 5.45. The molecule has 9 nitrogen and oxygen atoms in total. The average Bonchev–Trinajstić information content (AvgIpc) is 2.98. The van der Waals surface area contributed by atoms with Crippen LogP contribution in [0.1, 0.15) is 19.8 Å². The summed E-state index contributed by atoms with van der Waals surface area (Å²) in [6, 6.07) is 19.6. The molecule has 0 aliphatic carbocycles. The Balaban J connectivity index is 0.000000230. The van der Waals surface area contributed by atoms with E-state index in [9.17, 15) is 4.79 Å². The molecule has 0 atom stereocenters. The van der Waals surface area contributed by atoms with E-state index in [1.807, 2.05) is 66.7 Å². The highest BCUT2D eigenvalue weighted by Gasteiger charge is 2.06. The number of fused-ring (bicyclic) bond motifs is 2. The molecule has 2 aromatic heterocycles. The summed E-state index contributed by atoms with van der Waals surface area (Å²) in [5.41, 5.74) is 9.23. The van der Waals surface area contributed by atoms with E-state index in [1.165, 1.54) is 0 Å². The van der Waals surface area contributed by atoms with Crippen LogP contribution in [0, 0.1) is 0 Å². The van der Waals surface area contributed by atoms with Gasteiger partial charge in [0.1, 0.15) is 0 Å². The zero-order valence-corrected chi connectivity index (χ0v) is 22.9. The van der Waals surface area contributed by atoms with E-state index in [2.05, 4.69) is 32.8 Å². The number of rotatable bonds is 12. The van der Waals surface area contributed by atoms with Crippen molar-refractivity contribution in [1.29, 1.82) is 0 Å². The van der Waals surface area contributed by atoms with Crippen LogP contribution < -0.4 is 31.2 Å². The summed E-state index contributed by atoms with van der Waals surface area (Å²) in [5, 5.41) is 11.6. The highest BCUT2D eigenvalue weighted by atomic mass is 16.5.